The van der Waals surface area contributed by atoms with Gasteiger partial charge in [-0.1, -0.05) is 15.9 Å². The van der Waals surface area contributed by atoms with Crippen molar-refractivity contribution in [1.29, 1.82) is 0 Å². The number of carboxylic acid groups (broad SMARTS) is 1. The number of carbonyl (C=O) groups excluding carboxylic acids is 2. The highest BCUT2D eigenvalue weighted by atomic mass is 79.9. The summed E-state index contributed by atoms with van der Waals surface area (Å²) >= 11 is 3.21. The SMILES string of the molecule is COC(=O)C(C)(NC(=O)c1ccc(Br)cc1)C(=O)O. The highest BCUT2D eigenvalue weighted by molar-refractivity contribution is 9.10. The topological polar surface area (TPSA) is 92.7 Å². The Balaban J connectivity index is 2.98. The van der Waals surface area contributed by atoms with E-state index in [2.05, 4.69) is 26.0 Å². The second kappa shape index (κ2) is 5.83. The molecule has 1 unspecified atom stereocenters. The Labute approximate surface area is 117 Å². The molecule has 0 aliphatic rings. The lowest BCUT2D eigenvalue weighted by Crippen LogP contribution is -2.58. The van der Waals surface area contributed by atoms with E-state index in [0.717, 1.165) is 18.5 Å². The Bertz CT molecular complexity index is 513. The fourth-order valence-corrected chi connectivity index (χ4v) is 1.56. The van der Waals surface area contributed by atoms with Gasteiger partial charge in [-0.15, -0.1) is 0 Å². The number of ether oxygens (including phenoxy) is 1. The average Bonchev–Trinajstić information content (AvgIpc) is 2.37. The third kappa shape index (κ3) is 3.31. The van der Waals surface area contributed by atoms with Gasteiger partial charge < -0.3 is 15.2 Å². The number of methoxy groups -OCH3 is 1. The van der Waals surface area contributed by atoms with Crippen molar-refractivity contribution < 1.29 is 24.2 Å². The van der Waals surface area contributed by atoms with Gasteiger partial charge in [-0.05, 0) is 31.2 Å². The van der Waals surface area contributed by atoms with Gasteiger partial charge in [0.05, 0.1) is 7.11 Å². The van der Waals surface area contributed by atoms with Crippen LogP contribution < -0.4 is 5.32 Å². The van der Waals surface area contributed by atoms with Crippen molar-refractivity contribution in [2.75, 3.05) is 7.11 Å². The summed E-state index contributed by atoms with van der Waals surface area (Å²) in [7, 11) is 1.05. The van der Waals surface area contributed by atoms with Crippen molar-refractivity contribution in [1.82, 2.24) is 5.32 Å². The molecule has 1 aromatic rings. The van der Waals surface area contributed by atoms with Crippen molar-refractivity contribution in [3.63, 3.8) is 0 Å². The Kier molecular flexibility index (Phi) is 4.66. The molecule has 1 atom stereocenters. The molecule has 0 bridgehead atoms. The van der Waals surface area contributed by atoms with Gasteiger partial charge in [0.2, 0.25) is 5.54 Å². The summed E-state index contributed by atoms with van der Waals surface area (Å²) in [6.07, 6.45) is 0. The number of carboxylic acids is 1. The fraction of sp³-hybridized carbons (Fsp3) is 0.250. The van der Waals surface area contributed by atoms with Crippen molar-refractivity contribution >= 4 is 33.8 Å². The smallest absolute Gasteiger partial charge is 0.343 e. The normalized spacial score (nSPS) is 13.2. The van der Waals surface area contributed by atoms with E-state index in [9.17, 15) is 14.4 Å². The van der Waals surface area contributed by atoms with Crippen molar-refractivity contribution in [2.24, 2.45) is 0 Å². The van der Waals surface area contributed by atoms with Crippen LogP contribution in [0.5, 0.6) is 0 Å². The fourth-order valence-electron chi connectivity index (χ4n) is 1.30. The first-order valence-electron chi connectivity index (χ1n) is 5.21. The summed E-state index contributed by atoms with van der Waals surface area (Å²) in [6.45, 7) is 1.07. The quantitative estimate of drug-likeness (QED) is 0.639. The van der Waals surface area contributed by atoms with E-state index in [1.54, 1.807) is 12.1 Å². The van der Waals surface area contributed by atoms with Gasteiger partial charge >= 0.3 is 11.9 Å². The van der Waals surface area contributed by atoms with Crippen LogP contribution in [0.1, 0.15) is 17.3 Å². The van der Waals surface area contributed by atoms with Crippen molar-refractivity contribution in [2.45, 2.75) is 12.5 Å². The molecule has 1 rings (SSSR count). The third-order valence-electron chi connectivity index (χ3n) is 2.49. The maximum Gasteiger partial charge on any atom is 0.343 e. The van der Waals surface area contributed by atoms with Crippen LogP contribution in [0.25, 0.3) is 0 Å². The van der Waals surface area contributed by atoms with Gasteiger partial charge in [-0.3, -0.25) is 4.79 Å². The predicted octanol–water partition coefficient (Wildman–Crippen LogP) is 1.20. The van der Waals surface area contributed by atoms with E-state index < -0.39 is 23.4 Å². The zero-order valence-corrected chi connectivity index (χ0v) is 11.9. The maximum atomic E-state index is 11.9. The molecule has 1 aromatic carbocycles. The molecule has 0 aliphatic heterocycles. The average molecular weight is 330 g/mol. The number of hydrogen-bond donors (Lipinski definition) is 2. The number of esters is 1. The number of nitrogens with one attached hydrogen (secondary N) is 1. The van der Waals surface area contributed by atoms with Crippen LogP contribution in [0.15, 0.2) is 28.7 Å². The zero-order chi connectivity index (χ0) is 14.6. The zero-order valence-electron chi connectivity index (χ0n) is 10.3. The third-order valence-corrected chi connectivity index (χ3v) is 3.02. The minimum absolute atomic E-state index is 0.236. The van der Waals surface area contributed by atoms with Crippen LogP contribution in [0.2, 0.25) is 0 Å². The van der Waals surface area contributed by atoms with Gasteiger partial charge in [0.25, 0.3) is 5.91 Å². The lowest BCUT2D eigenvalue weighted by Gasteiger charge is -2.23. The minimum Gasteiger partial charge on any atom is -0.479 e. The molecule has 102 valence electrons. The molecule has 0 aliphatic carbocycles. The van der Waals surface area contributed by atoms with Crippen molar-refractivity contribution in [3.05, 3.63) is 34.3 Å². The molecule has 1 amide bonds. The molecule has 0 saturated heterocycles. The van der Waals surface area contributed by atoms with Crippen molar-refractivity contribution in [3.8, 4) is 0 Å². The van der Waals surface area contributed by atoms with Gasteiger partial charge in [0.1, 0.15) is 0 Å². The Morgan fingerprint density at radius 1 is 1.26 bits per heavy atom. The van der Waals surface area contributed by atoms with Crippen LogP contribution >= 0.6 is 15.9 Å². The van der Waals surface area contributed by atoms with E-state index in [4.69, 9.17) is 5.11 Å². The number of aliphatic carboxylic acids is 1. The van der Waals surface area contributed by atoms with E-state index >= 15 is 0 Å². The summed E-state index contributed by atoms with van der Waals surface area (Å²) in [5.41, 5.74) is -1.89. The molecular formula is C12H12BrNO5. The number of benzene rings is 1. The molecule has 0 radical (unpaired) electrons. The minimum atomic E-state index is -2.13. The van der Waals surface area contributed by atoms with E-state index in [0.29, 0.717) is 0 Å². The first-order chi connectivity index (χ1) is 8.81. The van der Waals surface area contributed by atoms with Gasteiger partial charge in [-0.2, -0.15) is 0 Å². The highest BCUT2D eigenvalue weighted by Crippen LogP contribution is 2.13. The second-order valence-electron chi connectivity index (χ2n) is 3.88. The summed E-state index contributed by atoms with van der Waals surface area (Å²) in [6, 6.07) is 6.26. The van der Waals surface area contributed by atoms with E-state index in [1.807, 2.05) is 0 Å². The molecule has 7 heteroatoms. The monoisotopic (exact) mass is 329 g/mol. The number of carbonyl (C=O) groups is 3. The molecular weight excluding hydrogens is 318 g/mol. The highest BCUT2D eigenvalue weighted by Gasteiger charge is 2.44. The van der Waals surface area contributed by atoms with Crippen LogP contribution in [-0.4, -0.2) is 35.6 Å². The van der Waals surface area contributed by atoms with Crippen LogP contribution in [-0.2, 0) is 14.3 Å². The van der Waals surface area contributed by atoms with Crippen LogP contribution in [0.3, 0.4) is 0 Å². The molecule has 0 aromatic heterocycles. The first kappa shape index (κ1) is 15.2. The van der Waals surface area contributed by atoms with Gasteiger partial charge in [-0.25, -0.2) is 9.59 Å². The first-order valence-corrected chi connectivity index (χ1v) is 6.00. The van der Waals surface area contributed by atoms with E-state index in [-0.39, 0.29) is 5.56 Å². The molecule has 2 N–H and O–H groups in total. The maximum absolute atomic E-state index is 11.9. The molecule has 0 spiro atoms. The lowest BCUT2D eigenvalue weighted by molar-refractivity contribution is -0.159. The summed E-state index contributed by atoms with van der Waals surface area (Å²) in [5.74, 6) is -3.22. The summed E-state index contributed by atoms with van der Waals surface area (Å²) in [5, 5.41) is 11.2. The van der Waals surface area contributed by atoms with Crippen LogP contribution in [0, 0.1) is 0 Å². The molecule has 0 heterocycles. The van der Waals surface area contributed by atoms with E-state index in [1.165, 1.54) is 12.1 Å². The Morgan fingerprint density at radius 2 is 1.79 bits per heavy atom. The summed E-state index contributed by atoms with van der Waals surface area (Å²) in [4.78, 5) is 34.5. The molecule has 19 heavy (non-hydrogen) atoms. The molecule has 0 fully saturated rings. The Hall–Kier alpha value is -1.89. The van der Waals surface area contributed by atoms with Gasteiger partial charge in [0, 0.05) is 10.0 Å². The predicted molar refractivity (Wildman–Crippen MR) is 69.7 cm³/mol. The largest absolute Gasteiger partial charge is 0.479 e. The number of halogens is 1. The lowest BCUT2D eigenvalue weighted by atomic mass is 10.0. The molecule has 6 nitrogen and oxygen atoms in total. The standard InChI is InChI=1S/C12H12BrNO5/c1-12(10(16)17,11(18)19-2)14-9(15)7-3-5-8(13)6-4-7/h3-6H,1-2H3,(H,14,15)(H,16,17). The number of rotatable bonds is 4. The number of hydrogen-bond acceptors (Lipinski definition) is 4. The number of amides is 1. The summed E-state index contributed by atoms with van der Waals surface area (Å²) < 4.78 is 5.17. The van der Waals surface area contributed by atoms with Crippen LogP contribution in [0.4, 0.5) is 0 Å². The molecule has 0 saturated carbocycles. The Morgan fingerprint density at radius 3 is 2.21 bits per heavy atom. The second-order valence-corrected chi connectivity index (χ2v) is 4.80. The van der Waals surface area contributed by atoms with Gasteiger partial charge in [0.15, 0.2) is 0 Å².